The van der Waals surface area contributed by atoms with Gasteiger partial charge in [-0.25, -0.2) is 14.0 Å². The molecule has 7 heteroatoms. The minimum absolute atomic E-state index is 0.310. The lowest BCUT2D eigenvalue weighted by atomic mass is 10.1. The molecular weight excluding hydrogens is 283 g/mol. The molecule has 108 valence electrons. The number of benzene rings is 1. The number of thioether (sulfide) groups is 1. The van der Waals surface area contributed by atoms with Crippen molar-refractivity contribution < 1.29 is 19.1 Å². The lowest BCUT2D eigenvalue weighted by Gasteiger charge is -2.20. The fourth-order valence-electron chi connectivity index (χ4n) is 1.96. The predicted octanol–water partition coefficient (Wildman–Crippen LogP) is 1.54. The average Bonchev–Trinajstić information content (AvgIpc) is 2.88. The van der Waals surface area contributed by atoms with Gasteiger partial charge in [-0.1, -0.05) is 12.1 Å². The van der Waals surface area contributed by atoms with Crippen molar-refractivity contribution in [3.05, 3.63) is 35.6 Å². The number of carbonyl (C=O) groups is 2. The molecule has 5 nitrogen and oxygen atoms in total. The van der Waals surface area contributed by atoms with Crippen molar-refractivity contribution in [2.24, 2.45) is 0 Å². The largest absolute Gasteiger partial charge is 0.480 e. The third-order valence-electron chi connectivity index (χ3n) is 3.01. The first kappa shape index (κ1) is 14.6. The Balaban J connectivity index is 1.82. The van der Waals surface area contributed by atoms with Crippen LogP contribution in [0.25, 0.3) is 0 Å². The number of carboxylic acid groups (broad SMARTS) is 1. The third kappa shape index (κ3) is 3.63. The molecule has 2 rings (SSSR count). The van der Waals surface area contributed by atoms with E-state index in [2.05, 4.69) is 5.32 Å². The van der Waals surface area contributed by atoms with Crippen LogP contribution in [0.15, 0.2) is 24.3 Å². The van der Waals surface area contributed by atoms with Crippen LogP contribution < -0.4 is 5.32 Å². The molecule has 1 atom stereocenters. The zero-order chi connectivity index (χ0) is 14.5. The van der Waals surface area contributed by atoms with Gasteiger partial charge in [-0.15, -0.1) is 11.8 Å². The molecule has 0 spiro atoms. The van der Waals surface area contributed by atoms with Crippen LogP contribution in [0.1, 0.15) is 5.56 Å². The Labute approximate surface area is 120 Å². The van der Waals surface area contributed by atoms with Gasteiger partial charge in [0.1, 0.15) is 11.9 Å². The zero-order valence-electron chi connectivity index (χ0n) is 10.7. The van der Waals surface area contributed by atoms with Crippen LogP contribution in [0, 0.1) is 5.82 Å². The van der Waals surface area contributed by atoms with Crippen LogP contribution in [0.5, 0.6) is 0 Å². The van der Waals surface area contributed by atoms with E-state index in [-0.39, 0.29) is 11.8 Å². The lowest BCUT2D eigenvalue weighted by molar-refractivity contribution is -0.140. The first-order valence-electron chi connectivity index (χ1n) is 6.17. The Morgan fingerprint density at radius 3 is 3.00 bits per heavy atom. The summed E-state index contributed by atoms with van der Waals surface area (Å²) in [4.78, 5) is 24.2. The summed E-state index contributed by atoms with van der Waals surface area (Å²) in [6.45, 7) is 0.343. The maximum absolute atomic E-state index is 13.0. The molecule has 0 bridgehead atoms. The maximum atomic E-state index is 13.0. The standard InChI is InChI=1S/C13H15FN2O3S/c14-10-3-1-2-9(6-10)4-5-15-13(19)16-8-20-7-11(16)12(17)18/h1-3,6,11H,4-5,7-8H2,(H,15,19)(H,17,18)/t11-/m0/s1. The molecule has 1 saturated heterocycles. The number of aliphatic carboxylic acids is 1. The number of nitrogens with zero attached hydrogens (tertiary/aromatic N) is 1. The molecule has 20 heavy (non-hydrogen) atoms. The van der Waals surface area contributed by atoms with Crippen LogP contribution in [0.2, 0.25) is 0 Å². The summed E-state index contributed by atoms with van der Waals surface area (Å²) in [5, 5.41) is 11.7. The lowest BCUT2D eigenvalue weighted by Crippen LogP contribution is -2.47. The number of rotatable bonds is 4. The number of nitrogens with one attached hydrogen (secondary N) is 1. The van der Waals surface area contributed by atoms with Gasteiger partial charge >= 0.3 is 12.0 Å². The summed E-state index contributed by atoms with van der Waals surface area (Å²) in [7, 11) is 0. The van der Waals surface area contributed by atoms with Gasteiger partial charge in [-0.2, -0.15) is 0 Å². The van der Waals surface area contributed by atoms with Gasteiger partial charge in [-0.3, -0.25) is 0 Å². The Morgan fingerprint density at radius 1 is 1.50 bits per heavy atom. The number of halogens is 1. The molecule has 0 unspecified atom stereocenters. The number of carbonyl (C=O) groups excluding carboxylic acids is 1. The van der Waals surface area contributed by atoms with Gasteiger partial charge in [0.15, 0.2) is 0 Å². The molecular formula is C13H15FN2O3S. The monoisotopic (exact) mass is 298 g/mol. The van der Waals surface area contributed by atoms with Gasteiger partial charge in [-0.05, 0) is 24.1 Å². The number of carboxylic acids is 1. The molecule has 2 amide bonds. The molecule has 1 fully saturated rings. The van der Waals surface area contributed by atoms with Crippen molar-refractivity contribution in [2.45, 2.75) is 12.5 Å². The second-order valence-electron chi connectivity index (χ2n) is 4.44. The molecule has 1 aliphatic rings. The van der Waals surface area contributed by atoms with E-state index in [1.165, 1.54) is 28.8 Å². The van der Waals surface area contributed by atoms with Crippen molar-refractivity contribution in [2.75, 3.05) is 18.2 Å². The highest BCUT2D eigenvalue weighted by atomic mass is 32.2. The maximum Gasteiger partial charge on any atom is 0.327 e. The Kier molecular flexibility index (Phi) is 4.84. The molecule has 0 aliphatic carbocycles. The van der Waals surface area contributed by atoms with Gasteiger partial charge in [0, 0.05) is 12.3 Å². The third-order valence-corrected chi connectivity index (χ3v) is 4.02. The predicted molar refractivity (Wildman–Crippen MR) is 74.1 cm³/mol. The second-order valence-corrected chi connectivity index (χ2v) is 5.44. The zero-order valence-corrected chi connectivity index (χ0v) is 11.5. The second kappa shape index (κ2) is 6.60. The SMILES string of the molecule is O=C(O)[C@@H]1CSCN1C(=O)NCCc1cccc(F)c1. The van der Waals surface area contributed by atoms with Crippen molar-refractivity contribution in [3.63, 3.8) is 0 Å². The summed E-state index contributed by atoms with van der Waals surface area (Å²) >= 11 is 1.41. The van der Waals surface area contributed by atoms with Crippen LogP contribution in [-0.2, 0) is 11.2 Å². The molecule has 1 heterocycles. The molecule has 1 aromatic carbocycles. The molecule has 1 aromatic rings. The van der Waals surface area contributed by atoms with E-state index >= 15 is 0 Å². The van der Waals surface area contributed by atoms with Crippen LogP contribution in [0.3, 0.4) is 0 Å². The molecule has 0 radical (unpaired) electrons. The van der Waals surface area contributed by atoms with Crippen molar-refractivity contribution in [3.8, 4) is 0 Å². The molecule has 2 N–H and O–H groups in total. The number of amides is 2. The highest BCUT2D eigenvalue weighted by Crippen LogP contribution is 2.20. The molecule has 1 aliphatic heterocycles. The van der Waals surface area contributed by atoms with Crippen LogP contribution >= 0.6 is 11.8 Å². The van der Waals surface area contributed by atoms with Crippen LogP contribution in [-0.4, -0.2) is 46.2 Å². The quantitative estimate of drug-likeness (QED) is 0.884. The van der Waals surface area contributed by atoms with Crippen molar-refractivity contribution >= 4 is 23.8 Å². The average molecular weight is 298 g/mol. The number of hydrogen-bond acceptors (Lipinski definition) is 3. The first-order valence-corrected chi connectivity index (χ1v) is 7.33. The fourth-order valence-corrected chi connectivity index (χ4v) is 3.10. The minimum atomic E-state index is -0.990. The molecule has 0 saturated carbocycles. The minimum Gasteiger partial charge on any atom is -0.480 e. The van der Waals surface area contributed by atoms with E-state index in [9.17, 15) is 14.0 Å². The summed E-state index contributed by atoms with van der Waals surface area (Å²) in [5.74, 6) is -0.513. The van der Waals surface area contributed by atoms with E-state index in [0.29, 0.717) is 24.6 Å². The summed E-state index contributed by atoms with van der Waals surface area (Å²) < 4.78 is 13.0. The van der Waals surface area contributed by atoms with Gasteiger partial charge in [0.2, 0.25) is 0 Å². The van der Waals surface area contributed by atoms with E-state index in [1.54, 1.807) is 12.1 Å². The summed E-state index contributed by atoms with van der Waals surface area (Å²) in [5.41, 5.74) is 0.788. The Bertz CT molecular complexity index is 512. The van der Waals surface area contributed by atoms with E-state index in [0.717, 1.165) is 5.56 Å². The Hall–Kier alpha value is -1.76. The smallest absolute Gasteiger partial charge is 0.327 e. The van der Waals surface area contributed by atoms with Gasteiger partial charge in [0.25, 0.3) is 0 Å². The highest BCUT2D eigenvalue weighted by Gasteiger charge is 2.34. The van der Waals surface area contributed by atoms with E-state index in [1.807, 2.05) is 0 Å². The van der Waals surface area contributed by atoms with Crippen molar-refractivity contribution in [1.29, 1.82) is 0 Å². The van der Waals surface area contributed by atoms with Crippen LogP contribution in [0.4, 0.5) is 9.18 Å². The number of urea groups is 1. The van der Waals surface area contributed by atoms with Gasteiger partial charge < -0.3 is 15.3 Å². The topological polar surface area (TPSA) is 69.6 Å². The van der Waals surface area contributed by atoms with Gasteiger partial charge in [0.05, 0.1) is 5.88 Å². The first-order chi connectivity index (χ1) is 9.58. The summed E-state index contributed by atoms with van der Waals surface area (Å²) in [6.07, 6.45) is 0.502. The Morgan fingerprint density at radius 2 is 2.30 bits per heavy atom. The highest BCUT2D eigenvalue weighted by molar-refractivity contribution is 7.99. The van der Waals surface area contributed by atoms with E-state index in [4.69, 9.17) is 5.11 Å². The van der Waals surface area contributed by atoms with Crippen molar-refractivity contribution in [1.82, 2.24) is 10.2 Å². The number of hydrogen-bond donors (Lipinski definition) is 2. The summed E-state index contributed by atoms with van der Waals surface area (Å²) in [6, 6.07) is 5.01. The molecule has 0 aromatic heterocycles. The fraction of sp³-hybridized carbons (Fsp3) is 0.385. The van der Waals surface area contributed by atoms with E-state index < -0.39 is 12.0 Å². The normalized spacial score (nSPS) is 18.1.